The first-order valence-electron chi connectivity index (χ1n) is 12.8. The van der Waals surface area contributed by atoms with E-state index < -0.39 is 12.0 Å². The van der Waals surface area contributed by atoms with E-state index in [2.05, 4.69) is 15.2 Å². The number of hydrogen-bond donors (Lipinski definition) is 3. The number of hydrogen-bond acceptors (Lipinski definition) is 6. The summed E-state index contributed by atoms with van der Waals surface area (Å²) >= 11 is 0. The number of nitrogens with zero attached hydrogens (tertiary/aromatic N) is 3. The molecule has 1 unspecified atom stereocenters. The Kier molecular flexibility index (Phi) is 10.2. The smallest absolute Gasteiger partial charge is 0.278 e. The van der Waals surface area contributed by atoms with Crippen LogP contribution in [0.2, 0.25) is 0 Å². The van der Waals surface area contributed by atoms with Crippen molar-refractivity contribution in [3.05, 3.63) is 77.0 Å². The molecule has 2 aliphatic heterocycles. The predicted molar refractivity (Wildman–Crippen MR) is 147 cm³/mol. The van der Waals surface area contributed by atoms with Crippen molar-refractivity contribution in [1.82, 2.24) is 10.2 Å². The van der Waals surface area contributed by atoms with E-state index in [9.17, 15) is 9.59 Å². The summed E-state index contributed by atoms with van der Waals surface area (Å²) in [7, 11) is 1.51. The molecule has 1 saturated heterocycles. The molecule has 37 heavy (non-hydrogen) atoms. The summed E-state index contributed by atoms with van der Waals surface area (Å²) in [5, 5.41) is 3.33. The molecule has 0 spiro atoms. The molecular weight excluding hydrogens is 468 g/mol. The van der Waals surface area contributed by atoms with Crippen molar-refractivity contribution in [1.29, 1.82) is 0 Å². The van der Waals surface area contributed by atoms with Crippen LogP contribution in [0.3, 0.4) is 0 Å². The van der Waals surface area contributed by atoms with Gasteiger partial charge in [-0.3, -0.25) is 9.59 Å². The molecule has 2 amide bonds. The first kappa shape index (κ1) is 27.9. The van der Waals surface area contributed by atoms with E-state index in [0.717, 1.165) is 37.4 Å². The maximum absolute atomic E-state index is 13.1. The Balaban J connectivity index is 0.00000186. The fraction of sp³-hybridized carbons (Fsp3) is 0.393. The van der Waals surface area contributed by atoms with Crippen LogP contribution < -0.4 is 21.7 Å². The third-order valence-corrected chi connectivity index (χ3v) is 6.38. The van der Waals surface area contributed by atoms with Gasteiger partial charge in [0.15, 0.2) is 6.10 Å². The molecule has 2 aromatic rings. The lowest BCUT2D eigenvalue weighted by Crippen LogP contribution is -2.43. The number of carbonyl (C=O) groups excluding carboxylic acids is 2. The average Bonchev–Trinajstić information content (AvgIpc) is 2.95. The summed E-state index contributed by atoms with van der Waals surface area (Å²) in [6.45, 7) is 8.36. The highest BCUT2D eigenvalue weighted by atomic mass is 16.5. The minimum atomic E-state index is -0.706. The zero-order chi connectivity index (χ0) is 26.8. The minimum absolute atomic E-state index is 0.0946. The van der Waals surface area contributed by atoms with Gasteiger partial charge < -0.3 is 31.3 Å². The van der Waals surface area contributed by atoms with E-state index in [4.69, 9.17) is 16.2 Å². The van der Waals surface area contributed by atoms with Crippen LogP contribution in [0.4, 0.5) is 5.69 Å². The van der Waals surface area contributed by atoms with Gasteiger partial charge in [-0.1, -0.05) is 44.2 Å². The first-order chi connectivity index (χ1) is 18.0. The fourth-order valence-electron chi connectivity index (χ4n) is 4.42. The van der Waals surface area contributed by atoms with E-state index in [1.54, 1.807) is 17.0 Å². The van der Waals surface area contributed by atoms with E-state index in [0.29, 0.717) is 29.8 Å². The second-order valence-corrected chi connectivity index (χ2v) is 8.63. The molecule has 0 aromatic heterocycles. The zero-order valence-electron chi connectivity index (χ0n) is 21.9. The molecule has 5 N–H and O–H groups in total. The molecule has 0 saturated carbocycles. The van der Waals surface area contributed by atoms with E-state index >= 15 is 0 Å². The lowest BCUT2D eigenvalue weighted by Gasteiger charge is -2.31. The van der Waals surface area contributed by atoms with Crippen molar-refractivity contribution in [2.24, 2.45) is 16.5 Å². The molecule has 1 fully saturated rings. The second kappa shape index (κ2) is 13.6. The number of benzene rings is 2. The lowest BCUT2D eigenvalue weighted by atomic mass is 10.0. The largest absolute Gasteiger partial charge is 0.400 e. The molecular formula is C28H38N6O3. The van der Waals surface area contributed by atoms with Crippen LogP contribution in [-0.4, -0.2) is 68.9 Å². The average molecular weight is 507 g/mol. The Hall–Kier alpha value is -3.69. The molecule has 0 bridgehead atoms. The number of ether oxygens (including phenoxy) is 1. The van der Waals surface area contributed by atoms with Crippen LogP contribution in [0.5, 0.6) is 0 Å². The molecule has 4 rings (SSSR count). The van der Waals surface area contributed by atoms with Gasteiger partial charge in [-0.2, -0.15) is 4.99 Å². The van der Waals surface area contributed by atoms with Gasteiger partial charge in [-0.15, -0.1) is 0 Å². The van der Waals surface area contributed by atoms with Crippen LogP contribution in [0.25, 0.3) is 0 Å². The van der Waals surface area contributed by atoms with Crippen molar-refractivity contribution in [3.63, 3.8) is 0 Å². The second-order valence-electron chi connectivity index (χ2n) is 8.63. The van der Waals surface area contributed by atoms with Gasteiger partial charge in [-0.05, 0) is 36.2 Å². The van der Waals surface area contributed by atoms with Gasteiger partial charge in [0.25, 0.3) is 11.8 Å². The molecule has 0 radical (unpaired) electrons. The van der Waals surface area contributed by atoms with Crippen LogP contribution in [0, 0.1) is 0 Å². The monoisotopic (exact) mass is 506 g/mol. The lowest BCUT2D eigenvalue weighted by molar-refractivity contribution is -0.142. The standard InChI is InChI=1S/C26H32N6O3.C2H6/c1-35-23(18-5-3-2-4-6-18)26(34)32-14-11-21(22(27)17-32)24(28)30-25(33)19-7-9-20(10-8-19)31-15-12-29-13-16-31;1-2/h2-10,23,29H,11-17,27H2,1H3,(H2,28,30,33);1-2H3. The summed E-state index contributed by atoms with van der Waals surface area (Å²) < 4.78 is 5.46. The highest BCUT2D eigenvalue weighted by Crippen LogP contribution is 2.23. The number of carbonyl (C=O) groups is 2. The van der Waals surface area contributed by atoms with Crippen molar-refractivity contribution in [2.45, 2.75) is 26.4 Å². The fourth-order valence-corrected chi connectivity index (χ4v) is 4.42. The number of anilines is 1. The summed E-state index contributed by atoms with van der Waals surface area (Å²) in [5.74, 6) is -0.495. The molecule has 0 aliphatic carbocycles. The van der Waals surface area contributed by atoms with Crippen molar-refractivity contribution >= 4 is 23.3 Å². The van der Waals surface area contributed by atoms with Crippen LogP contribution in [0.1, 0.15) is 42.3 Å². The maximum Gasteiger partial charge on any atom is 0.278 e. The molecule has 2 heterocycles. The first-order valence-corrected chi connectivity index (χ1v) is 12.8. The maximum atomic E-state index is 13.1. The molecule has 2 aliphatic rings. The van der Waals surface area contributed by atoms with Gasteiger partial charge >= 0.3 is 0 Å². The van der Waals surface area contributed by atoms with Crippen LogP contribution in [-0.2, 0) is 9.53 Å². The van der Waals surface area contributed by atoms with Gasteiger partial charge in [-0.25, -0.2) is 0 Å². The molecule has 9 heteroatoms. The Bertz CT molecular complexity index is 1110. The normalized spacial score (nSPS) is 17.1. The highest BCUT2D eigenvalue weighted by Gasteiger charge is 2.29. The van der Waals surface area contributed by atoms with Crippen molar-refractivity contribution in [2.75, 3.05) is 51.3 Å². The van der Waals surface area contributed by atoms with E-state index in [1.165, 1.54) is 7.11 Å². The third kappa shape index (κ3) is 6.96. The zero-order valence-corrected chi connectivity index (χ0v) is 21.9. The summed E-state index contributed by atoms with van der Waals surface area (Å²) in [5.41, 5.74) is 15.8. The Morgan fingerprint density at radius 3 is 2.24 bits per heavy atom. The SMILES string of the molecule is CC.COC(C(=O)N1CCC(C(N)=NC(=O)c2ccc(N3CCNCC3)cc2)=C(N)C1)c1ccccc1. The van der Waals surface area contributed by atoms with E-state index in [1.807, 2.05) is 56.3 Å². The summed E-state index contributed by atoms with van der Waals surface area (Å²) in [4.78, 5) is 33.8. The summed E-state index contributed by atoms with van der Waals surface area (Å²) in [6.07, 6.45) is -0.296. The number of amidine groups is 1. The molecule has 9 nitrogen and oxygen atoms in total. The quantitative estimate of drug-likeness (QED) is 0.406. The van der Waals surface area contributed by atoms with Crippen molar-refractivity contribution in [3.8, 4) is 0 Å². The van der Waals surface area contributed by atoms with Crippen LogP contribution in [0.15, 0.2) is 70.9 Å². The molecule has 1 atom stereocenters. The molecule has 2 aromatic carbocycles. The van der Waals surface area contributed by atoms with Gasteiger partial charge in [0, 0.05) is 62.4 Å². The Morgan fingerprint density at radius 2 is 1.65 bits per heavy atom. The Labute approximate surface area is 219 Å². The van der Waals surface area contributed by atoms with Crippen molar-refractivity contribution < 1.29 is 14.3 Å². The van der Waals surface area contributed by atoms with Gasteiger partial charge in [0.1, 0.15) is 5.84 Å². The Morgan fingerprint density at radius 1 is 1.00 bits per heavy atom. The number of nitrogens with two attached hydrogens (primary N) is 2. The molecule has 198 valence electrons. The number of nitrogens with one attached hydrogen (secondary N) is 1. The topological polar surface area (TPSA) is 126 Å². The minimum Gasteiger partial charge on any atom is -0.400 e. The number of methoxy groups -OCH3 is 1. The van der Waals surface area contributed by atoms with E-state index in [-0.39, 0.29) is 18.3 Å². The third-order valence-electron chi connectivity index (χ3n) is 6.38. The number of rotatable bonds is 6. The van der Waals surface area contributed by atoms with Crippen LogP contribution >= 0.6 is 0 Å². The summed E-state index contributed by atoms with van der Waals surface area (Å²) in [6, 6.07) is 16.7. The van der Waals surface area contributed by atoms with Gasteiger partial charge in [0.2, 0.25) is 0 Å². The number of aliphatic imine (C=N–C) groups is 1. The van der Waals surface area contributed by atoms with Gasteiger partial charge in [0.05, 0.1) is 6.54 Å². The highest BCUT2D eigenvalue weighted by molar-refractivity contribution is 6.09. The number of amides is 2. The predicted octanol–water partition coefficient (Wildman–Crippen LogP) is 2.45. The number of piperazine rings is 1.